The van der Waals surface area contributed by atoms with Gasteiger partial charge in [-0.05, 0) is 92.2 Å². The summed E-state index contributed by atoms with van der Waals surface area (Å²) in [5, 5.41) is 17.1. The quantitative estimate of drug-likeness (QED) is 0.344. The lowest BCUT2D eigenvalue weighted by atomic mass is 9.70. The molecule has 6 rings (SSSR count). The molecule has 2 aromatic carbocycles. The Morgan fingerprint density at radius 2 is 2.07 bits per heavy atom. The second-order valence-electron chi connectivity index (χ2n) is 11.7. The predicted molar refractivity (Wildman–Crippen MR) is 160 cm³/mol. The number of amides is 1. The first-order chi connectivity index (χ1) is 20.6. The summed E-state index contributed by atoms with van der Waals surface area (Å²) >= 11 is 6.35. The van der Waals surface area contributed by atoms with E-state index in [9.17, 15) is 18.0 Å². The fraction of sp³-hybridized carbons (Fsp3) is 0.433. The smallest absolute Gasteiger partial charge is 0.325 e. The standard InChI is InChI=1S/C30H34ClN5O6S/c31-22-3-5-25-21(12-22)2-1-9-30(25)18-35(16-20-7-10-32-15-20)26-14-24(4-6-27(26)42-19-30)43(40,41)34-28(37)13-23-8-11-36(33-23)17-29(38)39/h3-6,8,11-12,14,20,32H,1-2,7,9-10,13,15-19H2,(H,34,37)(H,38,39)/t20?,30-/m0/s1. The van der Waals surface area contributed by atoms with Gasteiger partial charge in [-0.25, -0.2) is 13.1 Å². The number of ether oxygens (including phenoxy) is 1. The molecule has 1 aromatic heterocycles. The fourth-order valence-electron chi connectivity index (χ4n) is 6.58. The fourth-order valence-corrected chi connectivity index (χ4v) is 7.78. The number of halogens is 1. The first-order valence-corrected chi connectivity index (χ1v) is 16.3. The molecule has 3 aliphatic rings. The van der Waals surface area contributed by atoms with E-state index in [1.165, 1.54) is 34.1 Å². The first-order valence-electron chi connectivity index (χ1n) is 14.4. The molecular formula is C30H34ClN5O6S. The van der Waals surface area contributed by atoms with Gasteiger partial charge in [0.15, 0.2) is 0 Å². The number of anilines is 1. The maximum Gasteiger partial charge on any atom is 0.325 e. The van der Waals surface area contributed by atoms with Gasteiger partial charge in [0.2, 0.25) is 5.91 Å². The van der Waals surface area contributed by atoms with Crippen molar-refractivity contribution in [2.24, 2.45) is 5.92 Å². The molecule has 13 heteroatoms. The van der Waals surface area contributed by atoms with E-state index in [0.29, 0.717) is 35.5 Å². The maximum atomic E-state index is 13.4. The highest BCUT2D eigenvalue weighted by Gasteiger charge is 2.42. The van der Waals surface area contributed by atoms with Gasteiger partial charge in [-0.15, -0.1) is 0 Å². The lowest BCUT2D eigenvalue weighted by Gasteiger charge is -2.41. The van der Waals surface area contributed by atoms with Crippen LogP contribution in [0.1, 0.15) is 36.1 Å². The topological polar surface area (TPSA) is 143 Å². The number of carboxylic acid groups (broad SMARTS) is 1. The van der Waals surface area contributed by atoms with Crippen molar-refractivity contribution >= 4 is 39.2 Å². The Labute approximate surface area is 255 Å². The summed E-state index contributed by atoms with van der Waals surface area (Å²) in [4.78, 5) is 25.8. The van der Waals surface area contributed by atoms with Gasteiger partial charge in [0, 0.05) is 29.7 Å². The van der Waals surface area contributed by atoms with Crippen molar-refractivity contribution in [3.8, 4) is 5.75 Å². The van der Waals surface area contributed by atoms with Gasteiger partial charge in [0.25, 0.3) is 10.0 Å². The minimum absolute atomic E-state index is 0.0408. The number of hydrogen-bond donors (Lipinski definition) is 3. The van der Waals surface area contributed by atoms with Gasteiger partial charge >= 0.3 is 5.97 Å². The summed E-state index contributed by atoms with van der Waals surface area (Å²) in [5.41, 5.74) is 3.14. The van der Waals surface area contributed by atoms with E-state index < -0.39 is 21.9 Å². The SMILES string of the molecule is O=C(O)Cn1ccc(CC(=O)NS(=O)(=O)c2ccc3c(c2)N(CC2CCNC2)C[C@@]2(CCCc4cc(Cl)ccc42)CO3)n1. The summed E-state index contributed by atoms with van der Waals surface area (Å²) < 4.78 is 36.5. The third-order valence-corrected chi connectivity index (χ3v) is 10.1. The van der Waals surface area contributed by atoms with Crippen molar-refractivity contribution in [1.82, 2.24) is 19.8 Å². The number of nitrogens with zero attached hydrogens (tertiary/aromatic N) is 3. The van der Waals surface area contributed by atoms with E-state index in [1.54, 1.807) is 12.1 Å². The van der Waals surface area contributed by atoms with Gasteiger partial charge in [0.05, 0.1) is 29.3 Å². The Bertz CT molecular complexity index is 1650. The van der Waals surface area contributed by atoms with E-state index in [0.717, 1.165) is 45.3 Å². The van der Waals surface area contributed by atoms with Crippen LogP contribution in [-0.4, -0.2) is 68.0 Å². The third kappa shape index (κ3) is 6.36. The molecule has 2 atom stereocenters. The Morgan fingerprint density at radius 1 is 1.21 bits per heavy atom. The number of carboxylic acids is 1. The van der Waals surface area contributed by atoms with E-state index in [2.05, 4.69) is 26.1 Å². The zero-order chi connectivity index (χ0) is 30.2. The minimum atomic E-state index is -4.21. The van der Waals surface area contributed by atoms with Crippen molar-refractivity contribution in [2.45, 2.75) is 49.0 Å². The van der Waals surface area contributed by atoms with Crippen LogP contribution < -0.4 is 19.7 Å². The van der Waals surface area contributed by atoms with Crippen molar-refractivity contribution in [2.75, 3.05) is 37.7 Å². The van der Waals surface area contributed by atoms with Gasteiger partial charge in [0.1, 0.15) is 12.3 Å². The number of benzene rings is 2. The first kappa shape index (κ1) is 29.5. The van der Waals surface area contributed by atoms with Crippen LogP contribution in [0.4, 0.5) is 5.69 Å². The molecule has 1 fully saturated rings. The van der Waals surface area contributed by atoms with Gasteiger partial charge < -0.3 is 20.1 Å². The van der Waals surface area contributed by atoms with Crippen LogP contribution in [0.25, 0.3) is 0 Å². The van der Waals surface area contributed by atoms with Crippen LogP contribution in [0.3, 0.4) is 0 Å². The normalized spacial score (nSPS) is 21.5. The highest BCUT2D eigenvalue weighted by Crippen LogP contribution is 2.45. The number of aryl methyl sites for hydroxylation is 1. The van der Waals surface area contributed by atoms with Crippen LogP contribution in [0.5, 0.6) is 5.75 Å². The molecule has 3 heterocycles. The van der Waals surface area contributed by atoms with E-state index in [-0.39, 0.29) is 29.0 Å². The summed E-state index contributed by atoms with van der Waals surface area (Å²) in [6.07, 6.45) is 5.05. The van der Waals surface area contributed by atoms with Crippen LogP contribution in [-0.2, 0) is 44.4 Å². The number of nitrogens with one attached hydrogen (secondary N) is 2. The molecule has 1 amide bonds. The lowest BCUT2D eigenvalue weighted by Crippen LogP contribution is -2.47. The summed E-state index contributed by atoms with van der Waals surface area (Å²) in [5.74, 6) is -0.831. The Hall–Kier alpha value is -3.61. The number of carbonyl (C=O) groups is 2. The summed E-state index contributed by atoms with van der Waals surface area (Å²) in [6, 6.07) is 12.3. The largest absolute Gasteiger partial charge is 0.490 e. The molecule has 1 spiro atoms. The Kier molecular flexibility index (Phi) is 8.10. The highest BCUT2D eigenvalue weighted by atomic mass is 35.5. The molecule has 3 aromatic rings. The van der Waals surface area contributed by atoms with E-state index in [4.69, 9.17) is 21.4 Å². The molecule has 1 saturated heterocycles. The molecule has 0 saturated carbocycles. The maximum absolute atomic E-state index is 13.4. The van der Waals surface area contributed by atoms with E-state index >= 15 is 0 Å². The number of carbonyl (C=O) groups excluding carboxylic acids is 1. The van der Waals surface area contributed by atoms with Gasteiger partial charge in [-0.3, -0.25) is 14.3 Å². The van der Waals surface area contributed by atoms with Crippen molar-refractivity contribution < 1.29 is 27.9 Å². The second-order valence-corrected chi connectivity index (χ2v) is 13.8. The van der Waals surface area contributed by atoms with Crippen LogP contribution >= 0.6 is 11.6 Å². The monoisotopic (exact) mass is 627 g/mol. The van der Waals surface area contributed by atoms with Crippen LogP contribution in [0.15, 0.2) is 53.6 Å². The zero-order valence-corrected chi connectivity index (χ0v) is 25.2. The third-order valence-electron chi connectivity index (χ3n) is 8.54. The zero-order valence-electron chi connectivity index (χ0n) is 23.6. The van der Waals surface area contributed by atoms with Gasteiger partial charge in [-0.1, -0.05) is 17.7 Å². The molecule has 2 aliphatic heterocycles. The van der Waals surface area contributed by atoms with Crippen LogP contribution in [0.2, 0.25) is 5.02 Å². The number of hydrogen-bond acceptors (Lipinski definition) is 8. The van der Waals surface area contributed by atoms with E-state index in [1.807, 2.05) is 12.1 Å². The number of aromatic nitrogens is 2. The van der Waals surface area contributed by atoms with Crippen LogP contribution in [0, 0.1) is 5.92 Å². The molecule has 3 N–H and O–H groups in total. The number of aliphatic carboxylic acids is 1. The Balaban J connectivity index is 1.27. The molecule has 43 heavy (non-hydrogen) atoms. The number of sulfonamides is 1. The average Bonchev–Trinajstić information content (AvgIpc) is 3.59. The predicted octanol–water partition coefficient (Wildman–Crippen LogP) is 2.75. The number of rotatable bonds is 8. The van der Waals surface area contributed by atoms with Crippen molar-refractivity contribution in [3.05, 3.63) is 70.5 Å². The Morgan fingerprint density at radius 3 is 2.86 bits per heavy atom. The molecule has 228 valence electrons. The highest BCUT2D eigenvalue weighted by molar-refractivity contribution is 7.90. The summed E-state index contributed by atoms with van der Waals surface area (Å²) in [6.45, 7) is 3.35. The second kappa shape index (κ2) is 11.8. The molecule has 1 unspecified atom stereocenters. The molecule has 1 aliphatic carbocycles. The molecular weight excluding hydrogens is 594 g/mol. The molecule has 11 nitrogen and oxygen atoms in total. The minimum Gasteiger partial charge on any atom is -0.490 e. The van der Waals surface area contributed by atoms with Gasteiger partial charge in [-0.2, -0.15) is 5.10 Å². The number of fused-ring (bicyclic) bond motifs is 3. The average molecular weight is 628 g/mol. The lowest BCUT2D eigenvalue weighted by molar-refractivity contribution is -0.137. The molecule has 0 radical (unpaired) electrons. The van der Waals surface area contributed by atoms with Crippen molar-refractivity contribution in [3.63, 3.8) is 0 Å². The van der Waals surface area contributed by atoms with Crippen molar-refractivity contribution in [1.29, 1.82) is 0 Å². The summed E-state index contributed by atoms with van der Waals surface area (Å²) in [7, 11) is -4.21. The molecule has 0 bridgehead atoms.